The highest BCUT2D eigenvalue weighted by atomic mass is 28.4. The van der Waals surface area contributed by atoms with E-state index in [-0.39, 0.29) is 13.4 Å². The summed E-state index contributed by atoms with van der Waals surface area (Å²) in [5, 5.41) is 8.81. The molecule has 5 nitrogen and oxygen atoms in total. The Morgan fingerprint density at radius 3 is 2.58 bits per heavy atom. The van der Waals surface area contributed by atoms with E-state index in [0.717, 1.165) is 0 Å². The molecule has 0 fully saturated rings. The molecule has 0 aliphatic heterocycles. The molecule has 1 atom stereocenters. The highest BCUT2D eigenvalue weighted by Crippen LogP contribution is 2.14. The summed E-state index contributed by atoms with van der Waals surface area (Å²) in [7, 11) is -0.777. The lowest BCUT2D eigenvalue weighted by Crippen LogP contribution is -2.38. The maximum Gasteiger partial charge on any atom is 0.340 e. The molecule has 106 valence electrons. The van der Waals surface area contributed by atoms with E-state index < -0.39 is 14.5 Å². The molecule has 0 aliphatic carbocycles. The van der Waals surface area contributed by atoms with Crippen molar-refractivity contribution in [1.82, 2.24) is 0 Å². The van der Waals surface area contributed by atoms with Crippen molar-refractivity contribution in [2.75, 3.05) is 20.5 Å². The summed E-state index contributed by atoms with van der Waals surface area (Å²) in [6.45, 7) is 1.84. The SMILES string of the molecule is CO[Si](C)(CCCO)OCOC(=O)c1ccccc1. The summed E-state index contributed by atoms with van der Waals surface area (Å²) >= 11 is 0. The van der Waals surface area contributed by atoms with Gasteiger partial charge in [0.25, 0.3) is 0 Å². The molecule has 6 heteroatoms. The van der Waals surface area contributed by atoms with Crippen LogP contribution >= 0.6 is 0 Å². The molecule has 1 unspecified atom stereocenters. The Balaban J connectivity index is 2.38. The Bertz CT molecular complexity index is 384. The minimum absolute atomic E-state index is 0.0963. The molecule has 0 heterocycles. The van der Waals surface area contributed by atoms with Crippen LogP contribution in [0.1, 0.15) is 16.8 Å². The third kappa shape index (κ3) is 5.52. The quantitative estimate of drug-likeness (QED) is 0.449. The summed E-state index contributed by atoms with van der Waals surface area (Å²) in [6, 6.07) is 9.39. The largest absolute Gasteiger partial charge is 0.436 e. The lowest BCUT2D eigenvalue weighted by Gasteiger charge is -2.24. The van der Waals surface area contributed by atoms with Gasteiger partial charge in [0.05, 0.1) is 5.56 Å². The molecule has 0 aromatic heterocycles. The van der Waals surface area contributed by atoms with Crippen LogP contribution in [0.3, 0.4) is 0 Å². The van der Waals surface area contributed by atoms with Crippen LogP contribution in [0.25, 0.3) is 0 Å². The molecule has 1 rings (SSSR count). The molecule has 0 spiro atoms. The van der Waals surface area contributed by atoms with E-state index in [1.807, 2.05) is 12.6 Å². The van der Waals surface area contributed by atoms with Gasteiger partial charge in [-0.05, 0) is 31.1 Å². The lowest BCUT2D eigenvalue weighted by atomic mass is 10.2. The Hall–Kier alpha value is -1.21. The van der Waals surface area contributed by atoms with Gasteiger partial charge in [-0.25, -0.2) is 4.79 Å². The van der Waals surface area contributed by atoms with Crippen LogP contribution in [0.15, 0.2) is 30.3 Å². The Kier molecular flexibility index (Phi) is 6.72. The number of ether oxygens (including phenoxy) is 1. The molecular weight excluding hydrogens is 264 g/mol. The second kappa shape index (κ2) is 8.06. The first-order chi connectivity index (χ1) is 9.11. The highest BCUT2D eigenvalue weighted by molar-refractivity contribution is 6.65. The van der Waals surface area contributed by atoms with Crippen molar-refractivity contribution in [3.63, 3.8) is 0 Å². The number of benzene rings is 1. The van der Waals surface area contributed by atoms with E-state index >= 15 is 0 Å². The average Bonchev–Trinajstić information content (AvgIpc) is 2.46. The molecule has 19 heavy (non-hydrogen) atoms. The second-order valence-electron chi connectivity index (χ2n) is 4.23. The number of hydrogen-bond donors (Lipinski definition) is 1. The lowest BCUT2D eigenvalue weighted by molar-refractivity contribution is 0.00342. The minimum atomic E-state index is -2.35. The van der Waals surface area contributed by atoms with E-state index in [4.69, 9.17) is 18.7 Å². The summed E-state index contributed by atoms with van der Waals surface area (Å²) in [5.74, 6) is -0.421. The molecule has 0 bridgehead atoms. The first-order valence-corrected chi connectivity index (χ1v) is 8.66. The van der Waals surface area contributed by atoms with Crippen molar-refractivity contribution >= 4 is 14.5 Å². The first-order valence-electron chi connectivity index (χ1n) is 6.13. The molecule has 0 saturated carbocycles. The van der Waals surface area contributed by atoms with Gasteiger partial charge in [-0.1, -0.05) is 18.2 Å². The van der Waals surface area contributed by atoms with Crippen molar-refractivity contribution in [3.05, 3.63) is 35.9 Å². The Morgan fingerprint density at radius 1 is 1.32 bits per heavy atom. The van der Waals surface area contributed by atoms with Crippen molar-refractivity contribution in [1.29, 1.82) is 0 Å². The number of carbonyl (C=O) groups excluding carboxylic acids is 1. The Labute approximate surface area is 114 Å². The topological polar surface area (TPSA) is 65.0 Å². The average molecular weight is 284 g/mol. The normalized spacial score (nSPS) is 13.8. The number of rotatable bonds is 8. The number of aliphatic hydroxyl groups is 1. The molecule has 1 N–H and O–H groups in total. The van der Waals surface area contributed by atoms with E-state index in [1.54, 1.807) is 31.4 Å². The number of esters is 1. The van der Waals surface area contributed by atoms with Gasteiger partial charge in [-0.3, -0.25) is 0 Å². The zero-order valence-electron chi connectivity index (χ0n) is 11.3. The molecular formula is C13H20O5Si. The highest BCUT2D eigenvalue weighted by Gasteiger charge is 2.30. The van der Waals surface area contributed by atoms with E-state index in [1.165, 1.54) is 0 Å². The van der Waals surface area contributed by atoms with Crippen LogP contribution in [-0.2, 0) is 13.6 Å². The van der Waals surface area contributed by atoms with Gasteiger partial charge < -0.3 is 18.7 Å². The van der Waals surface area contributed by atoms with Crippen molar-refractivity contribution < 1.29 is 23.5 Å². The van der Waals surface area contributed by atoms with Crippen molar-refractivity contribution in [2.45, 2.75) is 19.0 Å². The van der Waals surface area contributed by atoms with Gasteiger partial charge in [0.2, 0.25) is 0 Å². The van der Waals surface area contributed by atoms with Crippen LogP contribution in [-0.4, -0.2) is 40.1 Å². The number of aliphatic hydroxyl groups excluding tert-OH is 1. The van der Waals surface area contributed by atoms with Crippen molar-refractivity contribution in [2.24, 2.45) is 0 Å². The number of hydrogen-bond acceptors (Lipinski definition) is 5. The standard InChI is InChI=1S/C13H20O5Si/c1-16-19(2,10-6-9-14)18-11-17-13(15)12-7-4-3-5-8-12/h3-5,7-8,14H,6,9-11H2,1-2H3. The zero-order chi connectivity index (χ0) is 14.1. The smallest absolute Gasteiger partial charge is 0.340 e. The fourth-order valence-corrected chi connectivity index (χ4v) is 3.07. The maximum absolute atomic E-state index is 11.7. The number of carbonyl (C=O) groups is 1. The molecule has 1 aromatic carbocycles. The van der Waals surface area contributed by atoms with Gasteiger partial charge in [-0.2, -0.15) is 0 Å². The van der Waals surface area contributed by atoms with Crippen LogP contribution in [0.4, 0.5) is 0 Å². The predicted molar refractivity (Wildman–Crippen MR) is 72.9 cm³/mol. The third-order valence-corrected chi connectivity index (χ3v) is 5.64. The summed E-state index contributed by atoms with van der Waals surface area (Å²) in [6.07, 6.45) is 0.614. The Morgan fingerprint density at radius 2 is 2.00 bits per heavy atom. The fourth-order valence-electron chi connectivity index (χ4n) is 1.50. The van der Waals surface area contributed by atoms with Crippen LogP contribution in [0, 0.1) is 0 Å². The monoisotopic (exact) mass is 284 g/mol. The summed E-state index contributed by atoms with van der Waals surface area (Å²) < 4.78 is 15.9. The molecule has 0 radical (unpaired) electrons. The first kappa shape index (κ1) is 15.8. The van der Waals surface area contributed by atoms with Gasteiger partial charge in [0, 0.05) is 13.7 Å². The molecule has 0 amide bonds. The van der Waals surface area contributed by atoms with Gasteiger partial charge in [-0.15, -0.1) is 0 Å². The molecule has 0 saturated heterocycles. The third-order valence-electron chi connectivity index (χ3n) is 2.78. The van der Waals surface area contributed by atoms with Gasteiger partial charge in [0.1, 0.15) is 0 Å². The van der Waals surface area contributed by atoms with Crippen LogP contribution in [0.5, 0.6) is 0 Å². The van der Waals surface area contributed by atoms with Crippen LogP contribution in [0.2, 0.25) is 12.6 Å². The predicted octanol–water partition coefficient (Wildman–Crippen LogP) is 1.92. The van der Waals surface area contributed by atoms with Crippen molar-refractivity contribution in [3.8, 4) is 0 Å². The molecule has 1 aromatic rings. The zero-order valence-corrected chi connectivity index (χ0v) is 12.3. The van der Waals surface area contributed by atoms with Gasteiger partial charge >= 0.3 is 14.5 Å². The second-order valence-corrected chi connectivity index (χ2v) is 7.69. The van der Waals surface area contributed by atoms with Crippen LogP contribution < -0.4 is 0 Å². The summed E-state index contributed by atoms with van der Waals surface area (Å²) in [4.78, 5) is 11.7. The van der Waals surface area contributed by atoms with E-state index in [9.17, 15) is 4.79 Å². The van der Waals surface area contributed by atoms with E-state index in [2.05, 4.69) is 0 Å². The maximum atomic E-state index is 11.7. The minimum Gasteiger partial charge on any atom is -0.436 e. The van der Waals surface area contributed by atoms with Gasteiger partial charge in [0.15, 0.2) is 6.79 Å². The molecule has 0 aliphatic rings. The summed E-state index contributed by atoms with van der Waals surface area (Å²) in [5.41, 5.74) is 0.488. The fraction of sp³-hybridized carbons (Fsp3) is 0.462. The van der Waals surface area contributed by atoms with E-state index in [0.29, 0.717) is 18.0 Å².